The third kappa shape index (κ3) is 3.62. The van der Waals surface area contributed by atoms with Gasteiger partial charge in [0, 0.05) is 25.7 Å². The van der Waals surface area contributed by atoms with Crippen LogP contribution in [0.4, 0.5) is 4.79 Å². The van der Waals surface area contributed by atoms with Crippen molar-refractivity contribution in [2.45, 2.75) is 45.3 Å². The molecule has 0 aromatic carbocycles. The number of nitrogens with zero attached hydrogens (tertiary/aromatic N) is 2. The molecule has 20 heavy (non-hydrogen) atoms. The Morgan fingerprint density at radius 1 is 1.15 bits per heavy atom. The second-order valence-corrected chi connectivity index (χ2v) is 6.69. The Balaban J connectivity index is 1.84. The lowest BCUT2D eigenvalue weighted by Gasteiger charge is -2.26. The number of rotatable bonds is 2. The molecule has 1 N–H and O–H groups in total. The van der Waals surface area contributed by atoms with Crippen LogP contribution < -0.4 is 0 Å². The molecule has 6 nitrogen and oxygen atoms in total. The van der Waals surface area contributed by atoms with Gasteiger partial charge in [-0.3, -0.25) is 9.69 Å². The van der Waals surface area contributed by atoms with Gasteiger partial charge in [0.25, 0.3) is 0 Å². The fraction of sp³-hybridized carbons (Fsp3) is 0.857. The summed E-state index contributed by atoms with van der Waals surface area (Å²) in [4.78, 5) is 26.9. The number of hydrogen-bond acceptors (Lipinski definition) is 4. The van der Waals surface area contributed by atoms with Gasteiger partial charge < -0.3 is 14.7 Å². The highest BCUT2D eigenvalue weighted by molar-refractivity contribution is 5.70. The van der Waals surface area contributed by atoms with Crippen LogP contribution in [0.1, 0.15) is 33.6 Å². The molecule has 1 amide bonds. The van der Waals surface area contributed by atoms with Crippen LogP contribution in [0.25, 0.3) is 0 Å². The first-order chi connectivity index (χ1) is 9.26. The van der Waals surface area contributed by atoms with Gasteiger partial charge in [0.1, 0.15) is 5.60 Å². The molecule has 0 aromatic rings. The van der Waals surface area contributed by atoms with Crippen molar-refractivity contribution in [1.82, 2.24) is 9.80 Å². The zero-order valence-corrected chi connectivity index (χ0v) is 12.5. The topological polar surface area (TPSA) is 70.1 Å². The van der Waals surface area contributed by atoms with E-state index in [1.807, 2.05) is 20.8 Å². The van der Waals surface area contributed by atoms with Crippen molar-refractivity contribution in [2.75, 3.05) is 26.2 Å². The van der Waals surface area contributed by atoms with Gasteiger partial charge in [-0.2, -0.15) is 0 Å². The molecule has 6 heteroatoms. The quantitative estimate of drug-likeness (QED) is 0.830. The maximum atomic E-state index is 12.0. The Bertz CT molecular complexity index is 391. The first kappa shape index (κ1) is 15.1. The predicted octanol–water partition coefficient (Wildman–Crippen LogP) is 1.40. The molecule has 0 spiro atoms. The third-order valence-corrected chi connectivity index (χ3v) is 3.90. The van der Waals surface area contributed by atoms with Crippen molar-refractivity contribution < 1.29 is 19.4 Å². The lowest BCUT2D eigenvalue weighted by Crippen LogP contribution is -2.39. The SMILES string of the molecule is CC(C)(C)OC(=O)N1CC[C@H](N2CC[C@H](C(=O)O)C2)C1. The number of likely N-dealkylation sites (tertiary alicyclic amines) is 2. The van der Waals surface area contributed by atoms with Gasteiger partial charge in [-0.25, -0.2) is 4.79 Å². The Hall–Kier alpha value is -1.30. The Labute approximate surface area is 119 Å². The van der Waals surface area contributed by atoms with Crippen LogP contribution in [-0.4, -0.2) is 64.8 Å². The number of ether oxygens (including phenoxy) is 1. The molecule has 114 valence electrons. The average molecular weight is 284 g/mol. The van der Waals surface area contributed by atoms with E-state index in [0.29, 0.717) is 26.1 Å². The summed E-state index contributed by atoms with van der Waals surface area (Å²) < 4.78 is 5.37. The Kier molecular flexibility index (Phi) is 4.22. The summed E-state index contributed by atoms with van der Waals surface area (Å²) in [6, 6.07) is 0.270. The smallest absolute Gasteiger partial charge is 0.410 e. The molecule has 2 heterocycles. The number of carboxylic acid groups (broad SMARTS) is 1. The van der Waals surface area contributed by atoms with Crippen LogP contribution in [0.2, 0.25) is 0 Å². The van der Waals surface area contributed by atoms with E-state index >= 15 is 0 Å². The van der Waals surface area contributed by atoms with Crippen molar-refractivity contribution >= 4 is 12.1 Å². The van der Waals surface area contributed by atoms with Crippen molar-refractivity contribution in [3.8, 4) is 0 Å². The maximum absolute atomic E-state index is 12.0. The molecule has 0 bridgehead atoms. The highest BCUT2D eigenvalue weighted by atomic mass is 16.6. The van der Waals surface area contributed by atoms with Crippen molar-refractivity contribution in [3.63, 3.8) is 0 Å². The third-order valence-electron chi connectivity index (χ3n) is 3.90. The average Bonchev–Trinajstić information content (AvgIpc) is 2.95. The van der Waals surface area contributed by atoms with E-state index < -0.39 is 11.6 Å². The van der Waals surface area contributed by atoms with Crippen LogP contribution in [0.15, 0.2) is 0 Å². The van der Waals surface area contributed by atoms with Crippen LogP contribution in [0.3, 0.4) is 0 Å². The number of carboxylic acids is 1. The summed E-state index contributed by atoms with van der Waals surface area (Å²) >= 11 is 0. The molecule has 2 rings (SSSR count). The molecule has 2 fully saturated rings. The molecular weight excluding hydrogens is 260 g/mol. The minimum atomic E-state index is -0.713. The largest absolute Gasteiger partial charge is 0.481 e. The van der Waals surface area contributed by atoms with Gasteiger partial charge in [0.05, 0.1) is 5.92 Å². The fourth-order valence-electron chi connectivity index (χ4n) is 2.85. The summed E-state index contributed by atoms with van der Waals surface area (Å²) in [7, 11) is 0. The van der Waals surface area contributed by atoms with Gasteiger partial charge in [-0.15, -0.1) is 0 Å². The van der Waals surface area contributed by atoms with Gasteiger partial charge in [0.2, 0.25) is 0 Å². The summed E-state index contributed by atoms with van der Waals surface area (Å²) in [5.74, 6) is -0.972. The van der Waals surface area contributed by atoms with E-state index in [9.17, 15) is 9.59 Å². The molecule has 0 saturated carbocycles. The highest BCUT2D eigenvalue weighted by Crippen LogP contribution is 2.25. The standard InChI is InChI=1S/C14H24N2O4/c1-14(2,3)20-13(19)16-7-5-11(9-16)15-6-4-10(8-15)12(17)18/h10-11H,4-9H2,1-3H3,(H,17,18)/t10-,11-/m0/s1. The Morgan fingerprint density at radius 2 is 1.85 bits per heavy atom. The van der Waals surface area contributed by atoms with Gasteiger partial charge in [-0.1, -0.05) is 0 Å². The van der Waals surface area contributed by atoms with Gasteiger partial charge >= 0.3 is 12.1 Å². The summed E-state index contributed by atoms with van der Waals surface area (Å²) in [6.07, 6.45) is 1.33. The highest BCUT2D eigenvalue weighted by Gasteiger charge is 2.37. The van der Waals surface area contributed by atoms with Gasteiger partial charge in [-0.05, 0) is 40.2 Å². The molecule has 0 aliphatic carbocycles. The number of carbonyl (C=O) groups excluding carboxylic acids is 1. The van der Waals surface area contributed by atoms with E-state index in [0.717, 1.165) is 13.0 Å². The molecule has 2 aliphatic rings. The second kappa shape index (κ2) is 5.60. The van der Waals surface area contributed by atoms with Crippen molar-refractivity contribution in [2.24, 2.45) is 5.92 Å². The Morgan fingerprint density at radius 3 is 2.40 bits per heavy atom. The van der Waals surface area contributed by atoms with Crippen LogP contribution in [0.5, 0.6) is 0 Å². The number of carbonyl (C=O) groups is 2. The monoisotopic (exact) mass is 284 g/mol. The van der Waals surface area contributed by atoms with E-state index in [4.69, 9.17) is 9.84 Å². The van der Waals surface area contributed by atoms with Gasteiger partial charge in [0.15, 0.2) is 0 Å². The van der Waals surface area contributed by atoms with E-state index in [1.54, 1.807) is 4.90 Å². The summed E-state index contributed by atoms with van der Waals surface area (Å²) in [5, 5.41) is 9.03. The first-order valence-corrected chi connectivity index (χ1v) is 7.21. The molecule has 2 saturated heterocycles. The fourth-order valence-corrected chi connectivity index (χ4v) is 2.85. The molecule has 2 atom stereocenters. The second-order valence-electron chi connectivity index (χ2n) is 6.69. The van der Waals surface area contributed by atoms with Crippen LogP contribution in [-0.2, 0) is 9.53 Å². The summed E-state index contributed by atoms with van der Waals surface area (Å²) in [6.45, 7) is 8.31. The maximum Gasteiger partial charge on any atom is 0.410 e. The molecular formula is C14H24N2O4. The number of aliphatic carboxylic acids is 1. The lowest BCUT2D eigenvalue weighted by molar-refractivity contribution is -0.141. The number of amides is 1. The number of hydrogen-bond donors (Lipinski definition) is 1. The van der Waals surface area contributed by atoms with Crippen molar-refractivity contribution in [3.05, 3.63) is 0 Å². The zero-order chi connectivity index (χ0) is 14.9. The van der Waals surface area contributed by atoms with E-state index in [-0.39, 0.29) is 18.1 Å². The normalized spacial score (nSPS) is 27.9. The van der Waals surface area contributed by atoms with Crippen LogP contribution >= 0.6 is 0 Å². The minimum absolute atomic E-state index is 0.259. The minimum Gasteiger partial charge on any atom is -0.481 e. The van der Waals surface area contributed by atoms with Crippen LogP contribution in [0, 0.1) is 5.92 Å². The molecule has 0 unspecified atom stereocenters. The zero-order valence-electron chi connectivity index (χ0n) is 12.5. The van der Waals surface area contributed by atoms with E-state index in [2.05, 4.69) is 4.90 Å². The molecule has 0 radical (unpaired) electrons. The predicted molar refractivity (Wildman–Crippen MR) is 73.5 cm³/mol. The van der Waals surface area contributed by atoms with E-state index in [1.165, 1.54) is 0 Å². The molecule has 0 aromatic heterocycles. The first-order valence-electron chi connectivity index (χ1n) is 7.21. The molecule has 2 aliphatic heterocycles. The summed E-state index contributed by atoms with van der Waals surface area (Å²) in [5.41, 5.74) is -0.475. The van der Waals surface area contributed by atoms with Crippen molar-refractivity contribution in [1.29, 1.82) is 0 Å². The lowest BCUT2D eigenvalue weighted by atomic mass is 10.1.